The lowest BCUT2D eigenvalue weighted by molar-refractivity contribution is 0.0677. The molecule has 3 heterocycles. The molecule has 0 unspecified atom stereocenters. The van der Waals surface area contributed by atoms with E-state index in [2.05, 4.69) is 43.0 Å². The second-order valence-corrected chi connectivity index (χ2v) is 10.5. The van der Waals surface area contributed by atoms with Crippen molar-refractivity contribution in [2.45, 2.75) is 41.0 Å². The number of nitrogens with zero attached hydrogens (tertiary/aromatic N) is 4. The summed E-state index contributed by atoms with van der Waals surface area (Å²) < 4.78 is 1.74. The molecule has 0 fully saturated rings. The number of fused-ring (bicyclic) bond motifs is 2. The second kappa shape index (κ2) is 7.90. The molecular formula is C28H30N4O3. The van der Waals surface area contributed by atoms with Crippen molar-refractivity contribution >= 4 is 23.1 Å². The van der Waals surface area contributed by atoms with Crippen molar-refractivity contribution in [1.29, 1.82) is 0 Å². The van der Waals surface area contributed by atoms with E-state index in [1.807, 2.05) is 36.9 Å². The topological polar surface area (TPSA) is 87.8 Å². The van der Waals surface area contributed by atoms with E-state index in [1.54, 1.807) is 22.8 Å². The van der Waals surface area contributed by atoms with Gasteiger partial charge in [0.25, 0.3) is 5.91 Å². The third kappa shape index (κ3) is 3.66. The van der Waals surface area contributed by atoms with Crippen LogP contribution >= 0.6 is 0 Å². The maximum absolute atomic E-state index is 13.6. The number of carbonyl (C=O) groups is 2. The normalized spacial score (nSPS) is 21.3. The number of hydrogen-bond acceptors (Lipinski definition) is 4. The van der Waals surface area contributed by atoms with Crippen LogP contribution in [0.25, 0.3) is 11.2 Å². The van der Waals surface area contributed by atoms with Crippen molar-refractivity contribution in [3.05, 3.63) is 82.3 Å². The molecule has 7 nitrogen and oxygen atoms in total. The zero-order valence-electron chi connectivity index (χ0n) is 20.8. The molecule has 1 aliphatic carbocycles. The van der Waals surface area contributed by atoms with Crippen LogP contribution in [0.4, 0.5) is 0 Å². The van der Waals surface area contributed by atoms with E-state index in [-0.39, 0.29) is 22.3 Å². The third-order valence-corrected chi connectivity index (χ3v) is 7.62. The van der Waals surface area contributed by atoms with E-state index < -0.39 is 5.97 Å². The van der Waals surface area contributed by atoms with Gasteiger partial charge in [-0.15, -0.1) is 0 Å². The fourth-order valence-electron chi connectivity index (χ4n) is 5.90. The first kappa shape index (κ1) is 23.0. The minimum Gasteiger partial charge on any atom is -0.478 e. The van der Waals surface area contributed by atoms with Gasteiger partial charge in [0.2, 0.25) is 0 Å². The number of benzene rings is 1. The number of aromatic carboxylic acids is 1. The highest BCUT2D eigenvalue weighted by Crippen LogP contribution is 2.55. The number of hydrogen-bond donors (Lipinski definition) is 1. The van der Waals surface area contributed by atoms with Crippen LogP contribution in [0, 0.1) is 24.7 Å². The lowest BCUT2D eigenvalue weighted by Crippen LogP contribution is -2.49. The molecule has 0 saturated carbocycles. The van der Waals surface area contributed by atoms with Gasteiger partial charge in [0, 0.05) is 36.2 Å². The van der Waals surface area contributed by atoms with Crippen LogP contribution in [0.2, 0.25) is 0 Å². The Bertz CT molecular complexity index is 1430. The number of aromatic nitrogens is 3. The SMILES string of the molecule is Cc1cc2ncc(C(=O)N3CC=C4C(C)(C)C(c5ccc(C(=O)O)cc5)=CC[C@]4(C)C3)c(C)n2n1. The van der Waals surface area contributed by atoms with Gasteiger partial charge in [-0.3, -0.25) is 4.79 Å². The number of amides is 1. The smallest absolute Gasteiger partial charge is 0.335 e. The first-order valence-corrected chi connectivity index (χ1v) is 11.9. The fourth-order valence-corrected chi connectivity index (χ4v) is 5.90. The Labute approximate surface area is 204 Å². The lowest BCUT2D eigenvalue weighted by Gasteiger charge is -2.50. The monoisotopic (exact) mass is 470 g/mol. The summed E-state index contributed by atoms with van der Waals surface area (Å²) in [6.45, 7) is 11.6. The van der Waals surface area contributed by atoms with Gasteiger partial charge in [-0.25, -0.2) is 14.3 Å². The third-order valence-electron chi connectivity index (χ3n) is 7.62. The molecule has 180 valence electrons. The first-order chi connectivity index (χ1) is 16.5. The average molecular weight is 471 g/mol. The number of carboxylic acid groups (broad SMARTS) is 1. The molecule has 0 saturated heterocycles. The van der Waals surface area contributed by atoms with Crippen LogP contribution in [0.5, 0.6) is 0 Å². The van der Waals surface area contributed by atoms with E-state index in [0.29, 0.717) is 18.7 Å². The van der Waals surface area contributed by atoms with Crippen LogP contribution in [-0.2, 0) is 0 Å². The van der Waals surface area contributed by atoms with Crippen molar-refractivity contribution in [1.82, 2.24) is 19.5 Å². The lowest BCUT2D eigenvalue weighted by atomic mass is 9.58. The maximum Gasteiger partial charge on any atom is 0.335 e. The van der Waals surface area contributed by atoms with Crippen molar-refractivity contribution in [3.63, 3.8) is 0 Å². The molecule has 1 atom stereocenters. The molecular weight excluding hydrogens is 440 g/mol. The van der Waals surface area contributed by atoms with E-state index in [4.69, 9.17) is 0 Å². The molecule has 2 aromatic heterocycles. The van der Waals surface area contributed by atoms with Crippen LogP contribution in [0.1, 0.15) is 64.9 Å². The molecule has 1 amide bonds. The van der Waals surface area contributed by atoms with Gasteiger partial charge in [-0.1, -0.05) is 50.6 Å². The predicted molar refractivity (Wildman–Crippen MR) is 134 cm³/mol. The van der Waals surface area contributed by atoms with Crippen LogP contribution in [-0.4, -0.2) is 49.6 Å². The summed E-state index contributed by atoms with van der Waals surface area (Å²) in [5, 5.41) is 13.7. The van der Waals surface area contributed by atoms with Gasteiger partial charge in [0.05, 0.1) is 22.5 Å². The molecule has 0 bridgehead atoms. The highest BCUT2D eigenvalue weighted by molar-refractivity contribution is 5.95. The minimum absolute atomic E-state index is 0.0292. The van der Waals surface area contributed by atoms with E-state index in [1.165, 1.54) is 11.1 Å². The molecule has 2 aliphatic rings. The van der Waals surface area contributed by atoms with E-state index >= 15 is 0 Å². The Morgan fingerprint density at radius 1 is 1.06 bits per heavy atom. The van der Waals surface area contributed by atoms with Crippen molar-refractivity contribution in [3.8, 4) is 0 Å². The highest BCUT2D eigenvalue weighted by atomic mass is 16.4. The molecule has 35 heavy (non-hydrogen) atoms. The van der Waals surface area contributed by atoms with Crippen molar-refractivity contribution in [2.24, 2.45) is 10.8 Å². The summed E-state index contributed by atoms with van der Waals surface area (Å²) in [7, 11) is 0. The molecule has 0 radical (unpaired) electrons. The Balaban J connectivity index is 1.44. The number of aryl methyl sites for hydroxylation is 2. The van der Waals surface area contributed by atoms with Gasteiger partial charge in [0.1, 0.15) is 0 Å². The number of carboxylic acids is 1. The molecule has 1 aliphatic heterocycles. The Morgan fingerprint density at radius 2 is 1.77 bits per heavy atom. The van der Waals surface area contributed by atoms with Gasteiger partial charge < -0.3 is 10.0 Å². The fraction of sp³-hybridized carbons (Fsp3) is 0.357. The summed E-state index contributed by atoms with van der Waals surface area (Å²) in [4.78, 5) is 31.2. The molecule has 0 spiro atoms. The second-order valence-electron chi connectivity index (χ2n) is 10.5. The zero-order valence-corrected chi connectivity index (χ0v) is 20.8. The Morgan fingerprint density at radius 3 is 2.46 bits per heavy atom. The molecule has 5 rings (SSSR count). The van der Waals surface area contributed by atoms with E-state index in [0.717, 1.165) is 29.0 Å². The highest BCUT2D eigenvalue weighted by Gasteiger charge is 2.46. The number of rotatable bonds is 3. The average Bonchev–Trinajstić information content (AvgIpc) is 3.19. The van der Waals surface area contributed by atoms with Crippen LogP contribution in [0.3, 0.4) is 0 Å². The zero-order chi connectivity index (χ0) is 25.1. The Kier molecular flexibility index (Phi) is 5.20. The molecule has 7 heteroatoms. The summed E-state index contributed by atoms with van der Waals surface area (Å²) in [6.07, 6.45) is 6.93. The van der Waals surface area contributed by atoms with Crippen molar-refractivity contribution < 1.29 is 14.7 Å². The predicted octanol–water partition coefficient (Wildman–Crippen LogP) is 4.95. The van der Waals surface area contributed by atoms with E-state index in [9.17, 15) is 14.7 Å². The van der Waals surface area contributed by atoms with Gasteiger partial charge >= 0.3 is 5.97 Å². The quantitative estimate of drug-likeness (QED) is 0.548. The van der Waals surface area contributed by atoms with Gasteiger partial charge in [-0.2, -0.15) is 5.10 Å². The summed E-state index contributed by atoms with van der Waals surface area (Å²) in [5.74, 6) is -0.952. The van der Waals surface area contributed by atoms with Crippen LogP contribution in [0.15, 0.2) is 54.3 Å². The number of allylic oxidation sites excluding steroid dienone is 2. The largest absolute Gasteiger partial charge is 0.478 e. The maximum atomic E-state index is 13.6. The summed E-state index contributed by atoms with van der Waals surface area (Å²) >= 11 is 0. The summed E-state index contributed by atoms with van der Waals surface area (Å²) in [5.41, 5.74) is 6.39. The molecule has 1 N–H and O–H groups in total. The molecule has 1 aromatic carbocycles. The number of carbonyl (C=O) groups excluding carboxylic acids is 1. The first-order valence-electron chi connectivity index (χ1n) is 11.9. The van der Waals surface area contributed by atoms with Crippen molar-refractivity contribution in [2.75, 3.05) is 13.1 Å². The van der Waals surface area contributed by atoms with Gasteiger partial charge in [-0.05, 0) is 43.5 Å². The molecule has 3 aromatic rings. The summed E-state index contributed by atoms with van der Waals surface area (Å²) in [6, 6.07) is 9.00. The Hall–Kier alpha value is -3.74. The van der Waals surface area contributed by atoms with Crippen LogP contribution < -0.4 is 0 Å². The standard InChI is InChI=1S/C28H30N4O3/c1-17-14-24-29-15-21(18(2)32(24)30-17)25(33)31-13-11-23-27(3,4)22(10-12-28(23,5)16-31)19-6-8-20(9-7-19)26(34)35/h6-11,14-15H,12-13,16H2,1-5H3,(H,34,35)/t28-/m1/s1. The minimum atomic E-state index is -0.923. The van der Waals surface area contributed by atoms with Gasteiger partial charge in [0.15, 0.2) is 5.65 Å².